The predicted octanol–water partition coefficient (Wildman–Crippen LogP) is 3.81. The summed E-state index contributed by atoms with van der Waals surface area (Å²) in [6.45, 7) is 0. The SMILES string of the molecule is O=[N+]([O-])c1ccc([C@H]2Nc3cc(Cl)ccc3O2)s1. The number of hydrogen-bond donors (Lipinski definition) is 1. The molecule has 1 aromatic heterocycles. The van der Waals surface area contributed by atoms with Gasteiger partial charge >= 0.3 is 5.00 Å². The molecule has 0 fully saturated rings. The van der Waals surface area contributed by atoms with Crippen molar-refractivity contribution in [3.8, 4) is 5.75 Å². The van der Waals surface area contributed by atoms with Crippen molar-refractivity contribution in [2.75, 3.05) is 5.32 Å². The van der Waals surface area contributed by atoms with E-state index in [1.807, 2.05) is 0 Å². The molecular weight excluding hydrogens is 276 g/mol. The Morgan fingerprint density at radius 1 is 1.39 bits per heavy atom. The number of halogens is 1. The third kappa shape index (κ3) is 1.89. The number of nitrogens with zero attached hydrogens (tertiary/aromatic N) is 1. The van der Waals surface area contributed by atoms with E-state index in [1.54, 1.807) is 24.3 Å². The molecule has 3 rings (SSSR count). The van der Waals surface area contributed by atoms with E-state index in [0.717, 1.165) is 21.9 Å². The highest BCUT2D eigenvalue weighted by Crippen LogP contribution is 2.41. The Balaban J connectivity index is 1.86. The Bertz CT molecular complexity index is 629. The summed E-state index contributed by atoms with van der Waals surface area (Å²) in [6, 6.07) is 8.43. The van der Waals surface area contributed by atoms with Crippen molar-refractivity contribution in [1.29, 1.82) is 0 Å². The van der Waals surface area contributed by atoms with Crippen molar-refractivity contribution in [1.82, 2.24) is 0 Å². The second kappa shape index (κ2) is 4.15. The molecule has 7 heteroatoms. The number of ether oxygens (including phenoxy) is 1. The van der Waals surface area contributed by atoms with E-state index in [1.165, 1.54) is 6.07 Å². The Hall–Kier alpha value is -1.79. The molecule has 18 heavy (non-hydrogen) atoms. The fourth-order valence-electron chi connectivity index (χ4n) is 1.73. The molecular formula is C11H7ClN2O3S. The molecule has 0 radical (unpaired) electrons. The Morgan fingerprint density at radius 3 is 2.94 bits per heavy atom. The van der Waals surface area contributed by atoms with Gasteiger partial charge < -0.3 is 10.1 Å². The second-order valence-electron chi connectivity index (χ2n) is 3.72. The van der Waals surface area contributed by atoms with Crippen LogP contribution in [-0.4, -0.2) is 4.92 Å². The maximum absolute atomic E-state index is 10.6. The van der Waals surface area contributed by atoms with E-state index in [-0.39, 0.29) is 5.00 Å². The van der Waals surface area contributed by atoms with E-state index < -0.39 is 11.2 Å². The van der Waals surface area contributed by atoms with Gasteiger partial charge in [-0.15, -0.1) is 0 Å². The molecule has 0 saturated heterocycles. The lowest BCUT2D eigenvalue weighted by Gasteiger charge is -2.07. The molecule has 1 N–H and O–H groups in total. The molecule has 1 atom stereocenters. The van der Waals surface area contributed by atoms with Crippen LogP contribution in [0.5, 0.6) is 5.75 Å². The molecule has 1 aliphatic rings. The van der Waals surface area contributed by atoms with Gasteiger partial charge in [0.15, 0.2) is 0 Å². The highest BCUT2D eigenvalue weighted by molar-refractivity contribution is 7.15. The smallest absolute Gasteiger partial charge is 0.324 e. The molecule has 92 valence electrons. The van der Waals surface area contributed by atoms with Crippen LogP contribution >= 0.6 is 22.9 Å². The molecule has 0 aliphatic carbocycles. The first-order valence-corrected chi connectivity index (χ1v) is 6.30. The molecule has 2 aromatic rings. The summed E-state index contributed by atoms with van der Waals surface area (Å²) in [5.74, 6) is 0.695. The molecule has 0 amide bonds. The lowest BCUT2D eigenvalue weighted by molar-refractivity contribution is -0.380. The van der Waals surface area contributed by atoms with Crippen LogP contribution in [0.1, 0.15) is 11.1 Å². The zero-order valence-electron chi connectivity index (χ0n) is 8.92. The second-order valence-corrected chi connectivity index (χ2v) is 5.25. The molecule has 0 unspecified atom stereocenters. The molecule has 1 aromatic carbocycles. The maximum Gasteiger partial charge on any atom is 0.324 e. The maximum atomic E-state index is 10.6. The number of benzene rings is 1. The number of hydrogen-bond acceptors (Lipinski definition) is 5. The summed E-state index contributed by atoms with van der Waals surface area (Å²) in [5.41, 5.74) is 0.795. The standard InChI is InChI=1S/C11H7ClN2O3S/c12-6-1-2-8-7(5-6)13-11(17-8)9-3-4-10(18-9)14(15)16/h1-5,11,13H/t11-/m0/s1. The van der Waals surface area contributed by atoms with Gasteiger partial charge in [0, 0.05) is 11.1 Å². The van der Waals surface area contributed by atoms with Gasteiger partial charge in [-0.1, -0.05) is 22.9 Å². The summed E-state index contributed by atoms with van der Waals surface area (Å²) in [5, 5.41) is 14.5. The average Bonchev–Trinajstić information content (AvgIpc) is 2.93. The number of thiophene rings is 1. The number of anilines is 1. The van der Waals surface area contributed by atoms with Crippen LogP contribution in [0, 0.1) is 10.1 Å². The minimum Gasteiger partial charge on any atom is -0.463 e. The number of rotatable bonds is 2. The first kappa shape index (κ1) is 11.3. The molecule has 0 saturated carbocycles. The van der Waals surface area contributed by atoms with Crippen molar-refractivity contribution in [3.63, 3.8) is 0 Å². The van der Waals surface area contributed by atoms with Crippen molar-refractivity contribution >= 4 is 33.6 Å². The van der Waals surface area contributed by atoms with Crippen LogP contribution in [0.3, 0.4) is 0 Å². The predicted molar refractivity (Wildman–Crippen MR) is 69.4 cm³/mol. The topological polar surface area (TPSA) is 64.4 Å². The molecule has 0 bridgehead atoms. The Kier molecular flexibility index (Phi) is 2.61. The third-order valence-corrected chi connectivity index (χ3v) is 3.84. The van der Waals surface area contributed by atoms with Crippen LogP contribution < -0.4 is 10.1 Å². The van der Waals surface area contributed by atoms with E-state index in [0.29, 0.717) is 10.8 Å². The Morgan fingerprint density at radius 2 is 2.22 bits per heavy atom. The van der Waals surface area contributed by atoms with Gasteiger partial charge in [0.1, 0.15) is 5.75 Å². The van der Waals surface area contributed by atoms with Gasteiger partial charge in [0.25, 0.3) is 0 Å². The summed E-state index contributed by atoms with van der Waals surface area (Å²) < 4.78 is 5.66. The van der Waals surface area contributed by atoms with Gasteiger partial charge in [-0.2, -0.15) is 0 Å². The summed E-state index contributed by atoms with van der Waals surface area (Å²) in [7, 11) is 0. The average molecular weight is 283 g/mol. The number of nitro groups is 1. The van der Waals surface area contributed by atoms with Crippen LogP contribution in [-0.2, 0) is 0 Å². The van der Waals surface area contributed by atoms with Crippen molar-refractivity contribution in [2.24, 2.45) is 0 Å². The zero-order valence-corrected chi connectivity index (χ0v) is 10.5. The third-order valence-electron chi connectivity index (χ3n) is 2.52. The highest BCUT2D eigenvalue weighted by Gasteiger charge is 2.26. The summed E-state index contributed by atoms with van der Waals surface area (Å²) >= 11 is 6.97. The van der Waals surface area contributed by atoms with E-state index in [9.17, 15) is 10.1 Å². The van der Waals surface area contributed by atoms with Crippen LogP contribution in [0.4, 0.5) is 10.7 Å². The number of nitrogens with one attached hydrogen (secondary N) is 1. The Labute approximate surface area is 111 Å². The fraction of sp³-hybridized carbons (Fsp3) is 0.0909. The summed E-state index contributed by atoms with van der Waals surface area (Å²) in [6.07, 6.45) is -0.392. The molecule has 5 nitrogen and oxygen atoms in total. The van der Waals surface area contributed by atoms with Gasteiger partial charge in [0.2, 0.25) is 6.23 Å². The van der Waals surface area contributed by atoms with Gasteiger partial charge in [-0.3, -0.25) is 10.1 Å². The minimum absolute atomic E-state index is 0.101. The summed E-state index contributed by atoms with van der Waals surface area (Å²) in [4.78, 5) is 11.0. The highest BCUT2D eigenvalue weighted by atomic mass is 35.5. The first-order valence-electron chi connectivity index (χ1n) is 5.10. The van der Waals surface area contributed by atoms with Crippen LogP contribution in [0.15, 0.2) is 30.3 Å². The minimum atomic E-state index is -0.410. The molecule has 2 heterocycles. The quantitative estimate of drug-likeness (QED) is 0.672. The first-order chi connectivity index (χ1) is 8.63. The normalized spacial score (nSPS) is 16.8. The lowest BCUT2D eigenvalue weighted by Crippen LogP contribution is -2.07. The van der Waals surface area contributed by atoms with E-state index in [4.69, 9.17) is 16.3 Å². The number of fused-ring (bicyclic) bond motifs is 1. The van der Waals surface area contributed by atoms with Gasteiger partial charge in [-0.25, -0.2) is 0 Å². The van der Waals surface area contributed by atoms with Crippen molar-refractivity contribution in [3.05, 3.63) is 50.3 Å². The van der Waals surface area contributed by atoms with E-state index in [2.05, 4.69) is 5.32 Å². The van der Waals surface area contributed by atoms with E-state index >= 15 is 0 Å². The lowest BCUT2D eigenvalue weighted by atomic mass is 10.3. The van der Waals surface area contributed by atoms with Gasteiger partial charge in [0.05, 0.1) is 15.5 Å². The van der Waals surface area contributed by atoms with Crippen molar-refractivity contribution in [2.45, 2.75) is 6.23 Å². The largest absolute Gasteiger partial charge is 0.463 e. The van der Waals surface area contributed by atoms with Gasteiger partial charge in [-0.05, 0) is 24.3 Å². The zero-order chi connectivity index (χ0) is 12.7. The molecule has 0 spiro atoms. The van der Waals surface area contributed by atoms with Crippen molar-refractivity contribution < 1.29 is 9.66 Å². The monoisotopic (exact) mass is 282 g/mol. The van der Waals surface area contributed by atoms with Crippen LogP contribution in [0.25, 0.3) is 0 Å². The molecule has 1 aliphatic heterocycles. The fourth-order valence-corrected chi connectivity index (χ4v) is 2.70. The van der Waals surface area contributed by atoms with Crippen LogP contribution in [0.2, 0.25) is 5.02 Å².